The molecule has 3 heteroatoms. The van der Waals surface area contributed by atoms with Crippen molar-refractivity contribution in [2.75, 3.05) is 19.8 Å². The average molecular weight is 243 g/mol. The topological polar surface area (TPSA) is 38.3 Å². The van der Waals surface area contributed by atoms with Crippen molar-refractivity contribution in [3.05, 3.63) is 0 Å². The molecule has 0 aromatic carbocycles. The Morgan fingerprint density at radius 2 is 1.71 bits per heavy atom. The standard InChI is InChI=1S/C14H29NO2/c1-5-12(3)7-9-15-14(16)11-17-10-8-13(4)6-2/h12-13H,5-11H2,1-4H3,(H,15,16). The Kier molecular flexibility index (Phi) is 10.2. The molecule has 1 amide bonds. The number of ether oxygens (including phenoxy) is 1. The monoisotopic (exact) mass is 243 g/mol. The van der Waals surface area contributed by atoms with Crippen molar-refractivity contribution >= 4 is 5.91 Å². The highest BCUT2D eigenvalue weighted by molar-refractivity contribution is 5.77. The van der Waals surface area contributed by atoms with Crippen molar-refractivity contribution in [1.29, 1.82) is 0 Å². The van der Waals surface area contributed by atoms with Gasteiger partial charge >= 0.3 is 0 Å². The van der Waals surface area contributed by atoms with E-state index in [2.05, 4.69) is 33.0 Å². The molecular weight excluding hydrogens is 214 g/mol. The van der Waals surface area contributed by atoms with Crippen LogP contribution in [0.5, 0.6) is 0 Å². The Morgan fingerprint density at radius 1 is 1.12 bits per heavy atom. The van der Waals surface area contributed by atoms with Gasteiger partial charge in [0.1, 0.15) is 6.61 Å². The lowest BCUT2D eigenvalue weighted by molar-refractivity contribution is -0.125. The summed E-state index contributed by atoms with van der Waals surface area (Å²) in [5, 5.41) is 2.89. The lowest BCUT2D eigenvalue weighted by Crippen LogP contribution is -2.29. The molecule has 0 aliphatic heterocycles. The summed E-state index contributed by atoms with van der Waals surface area (Å²) in [5.41, 5.74) is 0. The van der Waals surface area contributed by atoms with Crippen molar-refractivity contribution in [2.45, 2.75) is 53.4 Å². The van der Waals surface area contributed by atoms with E-state index in [1.54, 1.807) is 0 Å². The van der Waals surface area contributed by atoms with Crippen molar-refractivity contribution in [3.8, 4) is 0 Å². The molecule has 0 heterocycles. The number of carbonyl (C=O) groups excluding carboxylic acids is 1. The first-order valence-corrected chi connectivity index (χ1v) is 6.94. The zero-order valence-corrected chi connectivity index (χ0v) is 11.9. The second kappa shape index (κ2) is 10.6. The van der Waals surface area contributed by atoms with Crippen LogP contribution in [0, 0.1) is 11.8 Å². The van der Waals surface area contributed by atoms with Crippen LogP contribution in [0.3, 0.4) is 0 Å². The van der Waals surface area contributed by atoms with E-state index in [0.717, 1.165) is 19.4 Å². The third kappa shape index (κ3) is 10.3. The highest BCUT2D eigenvalue weighted by atomic mass is 16.5. The quantitative estimate of drug-likeness (QED) is 0.599. The van der Waals surface area contributed by atoms with Crippen LogP contribution < -0.4 is 5.32 Å². The van der Waals surface area contributed by atoms with E-state index < -0.39 is 0 Å². The van der Waals surface area contributed by atoms with Gasteiger partial charge in [0.15, 0.2) is 0 Å². The van der Waals surface area contributed by atoms with Crippen LogP contribution in [-0.2, 0) is 9.53 Å². The third-order valence-electron chi connectivity index (χ3n) is 3.34. The largest absolute Gasteiger partial charge is 0.372 e. The smallest absolute Gasteiger partial charge is 0.245 e. The molecule has 17 heavy (non-hydrogen) atoms. The second-order valence-corrected chi connectivity index (χ2v) is 5.01. The van der Waals surface area contributed by atoms with Gasteiger partial charge in [-0.2, -0.15) is 0 Å². The Morgan fingerprint density at radius 3 is 2.29 bits per heavy atom. The molecule has 0 saturated heterocycles. The lowest BCUT2D eigenvalue weighted by atomic mass is 10.1. The van der Waals surface area contributed by atoms with Gasteiger partial charge in [-0.05, 0) is 24.7 Å². The van der Waals surface area contributed by atoms with Gasteiger partial charge in [-0.1, -0.05) is 40.5 Å². The van der Waals surface area contributed by atoms with Gasteiger partial charge in [0.2, 0.25) is 5.91 Å². The Balaban J connectivity index is 3.35. The van der Waals surface area contributed by atoms with Gasteiger partial charge in [0.25, 0.3) is 0 Å². The number of hydrogen-bond donors (Lipinski definition) is 1. The van der Waals surface area contributed by atoms with Crippen LogP contribution in [0.4, 0.5) is 0 Å². The summed E-state index contributed by atoms with van der Waals surface area (Å²) in [6, 6.07) is 0. The molecule has 0 rings (SSSR count). The molecule has 0 spiro atoms. The highest BCUT2D eigenvalue weighted by Gasteiger charge is 2.04. The van der Waals surface area contributed by atoms with E-state index in [9.17, 15) is 4.79 Å². The van der Waals surface area contributed by atoms with E-state index in [1.165, 1.54) is 12.8 Å². The fraction of sp³-hybridized carbons (Fsp3) is 0.929. The number of nitrogens with one attached hydrogen (secondary N) is 1. The minimum atomic E-state index is 0.0115. The van der Waals surface area contributed by atoms with E-state index in [4.69, 9.17) is 4.74 Å². The molecule has 0 saturated carbocycles. The zero-order chi connectivity index (χ0) is 13.1. The molecule has 0 bridgehead atoms. The maximum Gasteiger partial charge on any atom is 0.245 e. The summed E-state index contributed by atoms with van der Waals surface area (Å²) in [7, 11) is 0. The number of rotatable bonds is 10. The second-order valence-electron chi connectivity index (χ2n) is 5.01. The van der Waals surface area contributed by atoms with Gasteiger partial charge in [0.05, 0.1) is 0 Å². The molecule has 2 atom stereocenters. The molecule has 102 valence electrons. The summed E-state index contributed by atoms with van der Waals surface area (Å²) >= 11 is 0. The van der Waals surface area contributed by atoms with Gasteiger partial charge in [0, 0.05) is 13.2 Å². The van der Waals surface area contributed by atoms with E-state index >= 15 is 0 Å². The normalized spacial score (nSPS) is 14.4. The van der Waals surface area contributed by atoms with Gasteiger partial charge in [-0.3, -0.25) is 4.79 Å². The number of hydrogen-bond acceptors (Lipinski definition) is 2. The molecule has 0 aromatic heterocycles. The van der Waals surface area contributed by atoms with E-state index in [-0.39, 0.29) is 12.5 Å². The molecule has 3 nitrogen and oxygen atoms in total. The van der Waals surface area contributed by atoms with Crippen molar-refractivity contribution in [3.63, 3.8) is 0 Å². The zero-order valence-electron chi connectivity index (χ0n) is 11.9. The molecule has 0 radical (unpaired) electrons. The van der Waals surface area contributed by atoms with Gasteiger partial charge < -0.3 is 10.1 Å². The third-order valence-corrected chi connectivity index (χ3v) is 3.34. The molecule has 0 aromatic rings. The van der Waals surface area contributed by atoms with Crippen LogP contribution in [0.15, 0.2) is 0 Å². The molecule has 1 N–H and O–H groups in total. The Labute approximate surface area is 106 Å². The van der Waals surface area contributed by atoms with Crippen molar-refractivity contribution in [1.82, 2.24) is 5.32 Å². The predicted octanol–water partition coefficient (Wildman–Crippen LogP) is 2.99. The van der Waals surface area contributed by atoms with E-state index in [0.29, 0.717) is 18.4 Å². The Bertz CT molecular complexity index is 195. The summed E-state index contributed by atoms with van der Waals surface area (Å²) < 4.78 is 5.34. The fourth-order valence-corrected chi connectivity index (χ4v) is 1.37. The number of carbonyl (C=O) groups is 1. The molecule has 0 aliphatic carbocycles. The summed E-state index contributed by atoms with van der Waals surface area (Å²) in [5.74, 6) is 1.38. The van der Waals surface area contributed by atoms with Crippen LogP contribution in [0.2, 0.25) is 0 Å². The highest BCUT2D eigenvalue weighted by Crippen LogP contribution is 2.06. The first-order valence-electron chi connectivity index (χ1n) is 6.94. The molecular formula is C14H29NO2. The van der Waals surface area contributed by atoms with Gasteiger partial charge in [-0.15, -0.1) is 0 Å². The average Bonchev–Trinajstić information content (AvgIpc) is 2.33. The van der Waals surface area contributed by atoms with Crippen LogP contribution in [0.25, 0.3) is 0 Å². The number of amides is 1. The predicted molar refractivity (Wildman–Crippen MR) is 72.0 cm³/mol. The van der Waals surface area contributed by atoms with Gasteiger partial charge in [-0.25, -0.2) is 0 Å². The van der Waals surface area contributed by atoms with Crippen molar-refractivity contribution < 1.29 is 9.53 Å². The SMILES string of the molecule is CCC(C)CCNC(=O)COCCC(C)CC. The van der Waals surface area contributed by atoms with E-state index in [1.807, 2.05) is 0 Å². The first kappa shape index (κ1) is 16.4. The van der Waals surface area contributed by atoms with Crippen LogP contribution in [-0.4, -0.2) is 25.7 Å². The minimum absolute atomic E-state index is 0.0115. The summed E-state index contributed by atoms with van der Waals surface area (Å²) in [6.45, 7) is 10.4. The molecule has 0 fully saturated rings. The van der Waals surface area contributed by atoms with Crippen molar-refractivity contribution in [2.24, 2.45) is 11.8 Å². The lowest BCUT2D eigenvalue weighted by Gasteiger charge is -2.10. The fourth-order valence-electron chi connectivity index (χ4n) is 1.37. The maximum atomic E-state index is 11.4. The molecule has 2 unspecified atom stereocenters. The first-order chi connectivity index (χ1) is 8.10. The summed E-state index contributed by atoms with van der Waals surface area (Å²) in [6.07, 6.45) is 4.43. The minimum Gasteiger partial charge on any atom is -0.372 e. The summed E-state index contributed by atoms with van der Waals surface area (Å²) in [4.78, 5) is 11.4. The molecule has 0 aliphatic rings. The van der Waals surface area contributed by atoms with Crippen LogP contribution in [0.1, 0.15) is 53.4 Å². The maximum absolute atomic E-state index is 11.4. The van der Waals surface area contributed by atoms with Crippen LogP contribution >= 0.6 is 0 Å². The Hall–Kier alpha value is -0.570.